The molecule has 1 nitrogen and oxygen atoms in total. The van der Waals surface area contributed by atoms with Gasteiger partial charge in [0, 0.05) is 5.88 Å². The van der Waals surface area contributed by atoms with Crippen LogP contribution < -0.4 is 0 Å². The van der Waals surface area contributed by atoms with Crippen molar-refractivity contribution in [2.75, 3.05) is 0 Å². The van der Waals surface area contributed by atoms with Crippen molar-refractivity contribution in [2.24, 2.45) is 0 Å². The van der Waals surface area contributed by atoms with E-state index < -0.39 is 0 Å². The molecule has 62 valence electrons. The second-order valence-corrected chi connectivity index (χ2v) is 2.85. The van der Waals surface area contributed by atoms with Gasteiger partial charge in [-0.3, -0.25) is 0 Å². The SMILES string of the molecule is CCc1ccc(C#N)cc1CCl. The summed E-state index contributed by atoms with van der Waals surface area (Å²) in [6.07, 6.45) is 0.966. The van der Waals surface area contributed by atoms with Crippen LogP contribution in [0, 0.1) is 11.3 Å². The van der Waals surface area contributed by atoms with Crippen LogP contribution in [-0.2, 0) is 12.3 Å². The molecule has 0 unspecified atom stereocenters. The van der Waals surface area contributed by atoms with Gasteiger partial charge in [-0.25, -0.2) is 0 Å². The molecule has 0 amide bonds. The summed E-state index contributed by atoms with van der Waals surface area (Å²) in [6, 6.07) is 7.74. The third-order valence-corrected chi connectivity index (χ3v) is 2.15. The Morgan fingerprint density at radius 3 is 2.67 bits per heavy atom. The lowest BCUT2D eigenvalue weighted by molar-refractivity contribution is 1.10. The van der Waals surface area contributed by atoms with Gasteiger partial charge < -0.3 is 0 Å². The Labute approximate surface area is 77.6 Å². The third-order valence-electron chi connectivity index (χ3n) is 1.86. The lowest BCUT2D eigenvalue weighted by Crippen LogP contribution is -1.90. The van der Waals surface area contributed by atoms with Gasteiger partial charge in [0.15, 0.2) is 0 Å². The number of halogens is 1. The van der Waals surface area contributed by atoms with Crippen molar-refractivity contribution < 1.29 is 0 Å². The molecular formula is C10H10ClN. The zero-order valence-corrected chi connectivity index (χ0v) is 7.73. The fraction of sp³-hybridized carbons (Fsp3) is 0.300. The summed E-state index contributed by atoms with van der Waals surface area (Å²) in [5, 5.41) is 8.63. The Hall–Kier alpha value is -1.00. The molecule has 1 aromatic rings. The van der Waals surface area contributed by atoms with Crippen molar-refractivity contribution in [1.82, 2.24) is 0 Å². The highest BCUT2D eigenvalue weighted by atomic mass is 35.5. The summed E-state index contributed by atoms with van der Waals surface area (Å²) in [4.78, 5) is 0. The van der Waals surface area contributed by atoms with E-state index in [4.69, 9.17) is 16.9 Å². The minimum absolute atomic E-state index is 0.485. The highest BCUT2D eigenvalue weighted by Gasteiger charge is 2.00. The third kappa shape index (κ3) is 1.78. The molecule has 0 saturated heterocycles. The van der Waals surface area contributed by atoms with Crippen LogP contribution in [0.25, 0.3) is 0 Å². The summed E-state index contributed by atoms with van der Waals surface area (Å²) < 4.78 is 0. The first-order chi connectivity index (χ1) is 5.81. The quantitative estimate of drug-likeness (QED) is 0.641. The molecule has 0 fully saturated rings. The number of hydrogen-bond donors (Lipinski definition) is 0. The fourth-order valence-electron chi connectivity index (χ4n) is 1.16. The summed E-state index contributed by atoms with van der Waals surface area (Å²) in [5.41, 5.74) is 2.98. The number of nitrogens with zero attached hydrogens (tertiary/aromatic N) is 1. The average Bonchev–Trinajstić information content (AvgIpc) is 2.16. The Morgan fingerprint density at radius 1 is 1.42 bits per heavy atom. The maximum atomic E-state index is 8.63. The Kier molecular flexibility index (Phi) is 3.13. The second kappa shape index (κ2) is 4.13. The smallest absolute Gasteiger partial charge is 0.0991 e. The molecule has 0 N–H and O–H groups in total. The summed E-state index contributed by atoms with van der Waals surface area (Å²) >= 11 is 5.73. The van der Waals surface area contributed by atoms with E-state index in [1.54, 1.807) is 0 Å². The van der Waals surface area contributed by atoms with E-state index in [0.29, 0.717) is 11.4 Å². The molecule has 1 aromatic carbocycles. The molecule has 12 heavy (non-hydrogen) atoms. The molecule has 0 aliphatic carbocycles. The monoisotopic (exact) mass is 179 g/mol. The van der Waals surface area contributed by atoms with Crippen LogP contribution in [0.15, 0.2) is 18.2 Å². The van der Waals surface area contributed by atoms with E-state index >= 15 is 0 Å². The number of benzene rings is 1. The average molecular weight is 180 g/mol. The molecule has 0 atom stereocenters. The van der Waals surface area contributed by atoms with Gasteiger partial charge in [0.05, 0.1) is 11.6 Å². The Bertz CT molecular complexity index is 312. The van der Waals surface area contributed by atoms with Gasteiger partial charge in [0.25, 0.3) is 0 Å². The van der Waals surface area contributed by atoms with Crippen molar-refractivity contribution >= 4 is 11.6 Å². The minimum atomic E-state index is 0.485. The van der Waals surface area contributed by atoms with Crippen LogP contribution in [0.5, 0.6) is 0 Å². The van der Waals surface area contributed by atoms with Gasteiger partial charge in [0.2, 0.25) is 0 Å². The van der Waals surface area contributed by atoms with Crippen LogP contribution >= 0.6 is 11.6 Å². The van der Waals surface area contributed by atoms with E-state index in [1.165, 1.54) is 5.56 Å². The van der Waals surface area contributed by atoms with Gasteiger partial charge in [-0.15, -0.1) is 11.6 Å². The second-order valence-electron chi connectivity index (χ2n) is 2.58. The van der Waals surface area contributed by atoms with Crippen LogP contribution in [0.3, 0.4) is 0 Å². The molecule has 0 aromatic heterocycles. The Morgan fingerprint density at radius 2 is 2.17 bits per heavy atom. The van der Waals surface area contributed by atoms with E-state index in [2.05, 4.69) is 13.0 Å². The molecule has 0 aliphatic rings. The molecule has 0 saturated carbocycles. The van der Waals surface area contributed by atoms with Crippen LogP contribution in [0.1, 0.15) is 23.6 Å². The number of hydrogen-bond acceptors (Lipinski definition) is 1. The molecular weight excluding hydrogens is 170 g/mol. The molecule has 0 spiro atoms. The first kappa shape index (κ1) is 9.09. The number of rotatable bonds is 2. The largest absolute Gasteiger partial charge is 0.192 e. The van der Waals surface area contributed by atoms with Crippen molar-refractivity contribution in [3.63, 3.8) is 0 Å². The first-order valence-corrected chi connectivity index (χ1v) is 4.43. The van der Waals surface area contributed by atoms with Crippen molar-refractivity contribution in [1.29, 1.82) is 5.26 Å². The number of nitriles is 1. The topological polar surface area (TPSA) is 23.8 Å². The van der Waals surface area contributed by atoms with Crippen LogP contribution in [0.2, 0.25) is 0 Å². The molecule has 1 rings (SSSR count). The van der Waals surface area contributed by atoms with Crippen LogP contribution in [-0.4, -0.2) is 0 Å². The van der Waals surface area contributed by atoms with Crippen molar-refractivity contribution in [3.05, 3.63) is 34.9 Å². The molecule has 0 bridgehead atoms. The molecule has 0 radical (unpaired) electrons. The zero-order chi connectivity index (χ0) is 8.97. The van der Waals surface area contributed by atoms with E-state index in [1.807, 2.05) is 18.2 Å². The zero-order valence-electron chi connectivity index (χ0n) is 6.97. The van der Waals surface area contributed by atoms with E-state index in [9.17, 15) is 0 Å². The van der Waals surface area contributed by atoms with Crippen molar-refractivity contribution in [3.8, 4) is 6.07 Å². The summed E-state index contributed by atoms with van der Waals surface area (Å²) in [7, 11) is 0. The van der Waals surface area contributed by atoms with E-state index in [0.717, 1.165) is 12.0 Å². The number of aryl methyl sites for hydroxylation is 1. The first-order valence-electron chi connectivity index (χ1n) is 3.89. The highest BCUT2D eigenvalue weighted by molar-refractivity contribution is 6.17. The van der Waals surface area contributed by atoms with Gasteiger partial charge in [0.1, 0.15) is 0 Å². The predicted octanol–water partition coefficient (Wildman–Crippen LogP) is 2.86. The maximum absolute atomic E-state index is 8.63. The minimum Gasteiger partial charge on any atom is -0.192 e. The highest BCUT2D eigenvalue weighted by Crippen LogP contribution is 2.14. The van der Waals surface area contributed by atoms with Gasteiger partial charge in [-0.1, -0.05) is 13.0 Å². The fourth-order valence-corrected chi connectivity index (χ4v) is 1.41. The standard InChI is InChI=1S/C10H10ClN/c1-2-9-4-3-8(7-12)5-10(9)6-11/h3-5H,2,6H2,1H3. The lowest BCUT2D eigenvalue weighted by atomic mass is 10.0. The van der Waals surface area contributed by atoms with E-state index in [-0.39, 0.29) is 0 Å². The maximum Gasteiger partial charge on any atom is 0.0991 e. The molecule has 0 heterocycles. The molecule has 0 aliphatic heterocycles. The van der Waals surface area contributed by atoms with Crippen molar-refractivity contribution in [2.45, 2.75) is 19.2 Å². The van der Waals surface area contributed by atoms with Crippen LogP contribution in [0.4, 0.5) is 0 Å². The number of alkyl halides is 1. The van der Waals surface area contributed by atoms with Gasteiger partial charge in [-0.2, -0.15) is 5.26 Å². The normalized spacial score (nSPS) is 9.42. The summed E-state index contributed by atoms with van der Waals surface area (Å²) in [6.45, 7) is 2.08. The Balaban J connectivity index is 3.13. The van der Waals surface area contributed by atoms with Gasteiger partial charge in [-0.05, 0) is 29.7 Å². The van der Waals surface area contributed by atoms with Gasteiger partial charge >= 0.3 is 0 Å². The lowest BCUT2D eigenvalue weighted by Gasteiger charge is -2.03. The molecule has 2 heteroatoms. The summed E-state index contributed by atoms with van der Waals surface area (Å²) in [5.74, 6) is 0.485. The predicted molar refractivity (Wildman–Crippen MR) is 50.1 cm³/mol.